The van der Waals surface area contributed by atoms with E-state index in [4.69, 9.17) is 4.43 Å². The average Bonchev–Trinajstić information content (AvgIpc) is 1.84. The van der Waals surface area contributed by atoms with Gasteiger partial charge in [0.25, 0.3) is 0 Å². The summed E-state index contributed by atoms with van der Waals surface area (Å²) in [6, 6.07) is 0. The molecule has 0 aromatic rings. The van der Waals surface area contributed by atoms with Crippen molar-refractivity contribution < 1.29 is 4.43 Å². The van der Waals surface area contributed by atoms with Crippen molar-refractivity contribution in [2.75, 3.05) is 0 Å². The molecule has 72 valence electrons. The second kappa shape index (κ2) is 4.70. The molecule has 0 saturated carbocycles. The molecule has 0 radical (unpaired) electrons. The number of rotatable bonds is 4. The summed E-state index contributed by atoms with van der Waals surface area (Å²) in [7, 11) is -1.37. The lowest BCUT2D eigenvalue weighted by molar-refractivity contribution is 0.414. The first-order valence-electron chi connectivity index (χ1n) is 4.72. The summed E-state index contributed by atoms with van der Waals surface area (Å²) >= 11 is 0. The van der Waals surface area contributed by atoms with Gasteiger partial charge in [-0.2, -0.15) is 0 Å². The molecule has 0 aliphatic heterocycles. The monoisotopic (exact) mass is 186 g/mol. The minimum atomic E-state index is -1.37. The minimum absolute atomic E-state index is 1.15. The highest BCUT2D eigenvalue weighted by Gasteiger charge is 2.16. The predicted molar refractivity (Wildman–Crippen MR) is 57.7 cm³/mol. The molecule has 0 aliphatic carbocycles. The van der Waals surface area contributed by atoms with Gasteiger partial charge < -0.3 is 4.43 Å². The third kappa shape index (κ3) is 5.41. The lowest BCUT2D eigenvalue weighted by Crippen LogP contribution is -2.24. The third-order valence-corrected chi connectivity index (χ3v) is 2.60. The highest BCUT2D eigenvalue weighted by molar-refractivity contribution is 6.70. The van der Waals surface area contributed by atoms with E-state index in [1.54, 1.807) is 0 Å². The van der Waals surface area contributed by atoms with Gasteiger partial charge in [-0.15, -0.1) is 0 Å². The molecule has 0 aliphatic rings. The molecule has 12 heavy (non-hydrogen) atoms. The second-order valence-electron chi connectivity index (χ2n) is 4.30. The van der Waals surface area contributed by atoms with E-state index in [1.807, 2.05) is 0 Å². The summed E-state index contributed by atoms with van der Waals surface area (Å²) in [4.78, 5) is 0. The van der Waals surface area contributed by atoms with Gasteiger partial charge in [0, 0.05) is 0 Å². The molecule has 0 aromatic heterocycles. The van der Waals surface area contributed by atoms with Gasteiger partial charge in [-0.05, 0) is 45.5 Å². The van der Waals surface area contributed by atoms with Crippen LogP contribution in [0.4, 0.5) is 0 Å². The Kier molecular flexibility index (Phi) is 4.61. The SMILES string of the molecule is CCCC(C)=C(C)O[Si](C)(C)C. The summed E-state index contributed by atoms with van der Waals surface area (Å²) in [6.45, 7) is 13.1. The quantitative estimate of drug-likeness (QED) is 0.477. The third-order valence-electron chi connectivity index (χ3n) is 1.69. The molecule has 0 unspecified atom stereocenters. The summed E-state index contributed by atoms with van der Waals surface area (Å²) in [6.07, 6.45) is 2.37. The Hall–Kier alpha value is -0.243. The minimum Gasteiger partial charge on any atom is -0.548 e. The molecule has 0 saturated heterocycles. The number of hydrogen-bond acceptors (Lipinski definition) is 1. The Morgan fingerprint density at radius 2 is 1.67 bits per heavy atom. The maximum atomic E-state index is 5.87. The Balaban J connectivity index is 4.17. The van der Waals surface area contributed by atoms with Crippen LogP contribution in [0.2, 0.25) is 19.6 Å². The van der Waals surface area contributed by atoms with Gasteiger partial charge in [-0.25, -0.2) is 0 Å². The van der Waals surface area contributed by atoms with E-state index in [0.717, 1.165) is 12.2 Å². The first kappa shape index (κ1) is 11.8. The van der Waals surface area contributed by atoms with Crippen LogP contribution in [0, 0.1) is 0 Å². The van der Waals surface area contributed by atoms with E-state index >= 15 is 0 Å². The van der Waals surface area contributed by atoms with Gasteiger partial charge in [-0.1, -0.05) is 13.3 Å². The van der Waals surface area contributed by atoms with E-state index in [1.165, 1.54) is 12.0 Å². The summed E-state index contributed by atoms with van der Waals surface area (Å²) in [5.41, 5.74) is 1.40. The topological polar surface area (TPSA) is 9.23 Å². The van der Waals surface area contributed by atoms with Crippen LogP contribution in [0.3, 0.4) is 0 Å². The molecular weight excluding hydrogens is 164 g/mol. The number of allylic oxidation sites excluding steroid dienone is 2. The van der Waals surface area contributed by atoms with Crippen LogP contribution >= 0.6 is 0 Å². The fourth-order valence-corrected chi connectivity index (χ4v) is 2.19. The second-order valence-corrected chi connectivity index (χ2v) is 8.73. The lowest BCUT2D eigenvalue weighted by atomic mass is 10.1. The summed E-state index contributed by atoms with van der Waals surface area (Å²) in [5.74, 6) is 1.15. The molecule has 0 amide bonds. The van der Waals surface area contributed by atoms with Crippen molar-refractivity contribution in [3.8, 4) is 0 Å². The van der Waals surface area contributed by atoms with Crippen molar-refractivity contribution in [1.29, 1.82) is 0 Å². The standard InChI is InChI=1S/C10H22OSi/c1-7-8-9(2)10(3)11-12(4,5)6/h7-8H2,1-6H3. The van der Waals surface area contributed by atoms with Crippen molar-refractivity contribution in [2.45, 2.75) is 53.3 Å². The Morgan fingerprint density at radius 3 is 2.00 bits per heavy atom. The fourth-order valence-electron chi connectivity index (χ4n) is 1.10. The van der Waals surface area contributed by atoms with Crippen LogP contribution < -0.4 is 0 Å². The molecular formula is C10H22OSi. The molecule has 0 bridgehead atoms. The van der Waals surface area contributed by atoms with E-state index in [9.17, 15) is 0 Å². The van der Waals surface area contributed by atoms with Crippen molar-refractivity contribution in [1.82, 2.24) is 0 Å². The molecule has 0 heterocycles. The van der Waals surface area contributed by atoms with Gasteiger partial charge in [0.05, 0.1) is 5.76 Å². The highest BCUT2D eigenvalue weighted by atomic mass is 28.4. The zero-order chi connectivity index (χ0) is 9.78. The molecule has 0 aromatic carbocycles. The largest absolute Gasteiger partial charge is 0.548 e. The first-order valence-corrected chi connectivity index (χ1v) is 8.13. The molecule has 0 rings (SSSR count). The average molecular weight is 186 g/mol. The maximum absolute atomic E-state index is 5.87. The Morgan fingerprint density at radius 1 is 1.17 bits per heavy atom. The zero-order valence-corrected chi connectivity index (χ0v) is 10.3. The van der Waals surface area contributed by atoms with Gasteiger partial charge in [0.2, 0.25) is 8.32 Å². The van der Waals surface area contributed by atoms with Crippen molar-refractivity contribution in [3.63, 3.8) is 0 Å². The van der Waals surface area contributed by atoms with Crippen molar-refractivity contribution >= 4 is 8.32 Å². The first-order chi connectivity index (χ1) is 5.37. The van der Waals surface area contributed by atoms with Crippen LogP contribution in [0.5, 0.6) is 0 Å². The van der Waals surface area contributed by atoms with Crippen LogP contribution in [0.25, 0.3) is 0 Å². The van der Waals surface area contributed by atoms with E-state index < -0.39 is 8.32 Å². The van der Waals surface area contributed by atoms with Crippen molar-refractivity contribution in [2.24, 2.45) is 0 Å². The molecule has 0 fully saturated rings. The Labute approximate surface area is 78.0 Å². The molecule has 0 N–H and O–H groups in total. The fraction of sp³-hybridized carbons (Fsp3) is 0.800. The van der Waals surface area contributed by atoms with Gasteiger partial charge in [0.1, 0.15) is 0 Å². The van der Waals surface area contributed by atoms with Crippen LogP contribution in [-0.4, -0.2) is 8.32 Å². The molecule has 1 nitrogen and oxygen atoms in total. The normalized spacial score (nSPS) is 14.2. The smallest absolute Gasteiger partial charge is 0.241 e. The lowest BCUT2D eigenvalue weighted by Gasteiger charge is -2.21. The van der Waals surface area contributed by atoms with Gasteiger partial charge in [-0.3, -0.25) is 0 Å². The highest BCUT2D eigenvalue weighted by Crippen LogP contribution is 2.16. The van der Waals surface area contributed by atoms with E-state index in [2.05, 4.69) is 40.4 Å². The zero-order valence-electron chi connectivity index (χ0n) is 9.32. The predicted octanol–water partition coefficient (Wildman–Crippen LogP) is 3.93. The van der Waals surface area contributed by atoms with Crippen LogP contribution in [-0.2, 0) is 4.43 Å². The molecule has 0 spiro atoms. The van der Waals surface area contributed by atoms with E-state index in [0.29, 0.717) is 0 Å². The van der Waals surface area contributed by atoms with E-state index in [-0.39, 0.29) is 0 Å². The van der Waals surface area contributed by atoms with Gasteiger partial charge in [0.15, 0.2) is 0 Å². The Bertz CT molecular complexity index is 165. The molecule has 2 heteroatoms. The maximum Gasteiger partial charge on any atom is 0.241 e. The van der Waals surface area contributed by atoms with Crippen LogP contribution in [0.1, 0.15) is 33.6 Å². The summed E-state index contributed by atoms with van der Waals surface area (Å²) in [5, 5.41) is 0. The van der Waals surface area contributed by atoms with Crippen molar-refractivity contribution in [3.05, 3.63) is 11.3 Å². The number of hydrogen-bond donors (Lipinski definition) is 0. The molecule has 0 atom stereocenters. The summed E-state index contributed by atoms with van der Waals surface area (Å²) < 4.78 is 5.87. The van der Waals surface area contributed by atoms with Gasteiger partial charge >= 0.3 is 0 Å². The van der Waals surface area contributed by atoms with Crippen LogP contribution in [0.15, 0.2) is 11.3 Å².